The zero-order valence-electron chi connectivity index (χ0n) is 27.3. The fraction of sp³-hybridized carbons (Fsp3) is 0.500. The fourth-order valence-electron chi connectivity index (χ4n) is 4.96. The first-order valence-corrected chi connectivity index (χ1v) is 16.1. The predicted molar refractivity (Wildman–Crippen MR) is 179 cm³/mol. The lowest BCUT2D eigenvalue weighted by atomic mass is 9.97. The summed E-state index contributed by atoms with van der Waals surface area (Å²) < 4.78 is 7.49. The third-order valence-electron chi connectivity index (χ3n) is 7.53. The van der Waals surface area contributed by atoms with Gasteiger partial charge in [-0.05, 0) is 82.2 Å². The molecule has 0 bridgehead atoms. The van der Waals surface area contributed by atoms with Crippen LogP contribution in [0, 0.1) is 5.92 Å². The molecule has 0 spiro atoms. The van der Waals surface area contributed by atoms with Crippen molar-refractivity contribution in [2.75, 3.05) is 18.4 Å². The van der Waals surface area contributed by atoms with E-state index in [-0.39, 0.29) is 12.0 Å². The first kappa shape index (κ1) is 33.5. The number of carbonyl (C=O) groups excluding carboxylic acids is 2. The number of alkyl carbamates (subject to hydrolysis) is 1. The molecular weight excluding hydrogens is 568 g/mol. The van der Waals surface area contributed by atoms with Gasteiger partial charge in [-0.15, -0.1) is 0 Å². The summed E-state index contributed by atoms with van der Waals surface area (Å²) in [6.45, 7) is 12.4. The number of aromatic amines is 1. The number of nitrogens with zero attached hydrogens (tertiary/aromatic N) is 4. The van der Waals surface area contributed by atoms with Crippen LogP contribution in [0.4, 0.5) is 16.4 Å². The smallest absolute Gasteiger partial charge is 0.407 e. The Bertz CT molecular complexity index is 1520. The van der Waals surface area contributed by atoms with Gasteiger partial charge in [0.15, 0.2) is 0 Å². The molecule has 11 nitrogen and oxygen atoms in total. The number of aryl methyl sites for hydroxylation is 1. The molecule has 2 amide bonds. The summed E-state index contributed by atoms with van der Waals surface area (Å²) in [4.78, 5) is 37.3. The lowest BCUT2D eigenvalue weighted by Crippen LogP contribution is -2.35. The van der Waals surface area contributed by atoms with Crippen molar-refractivity contribution in [3.63, 3.8) is 0 Å². The van der Waals surface area contributed by atoms with Gasteiger partial charge in [-0.1, -0.05) is 33.6 Å². The Balaban J connectivity index is 1.17. The molecule has 0 radical (unpaired) electrons. The van der Waals surface area contributed by atoms with Gasteiger partial charge < -0.3 is 25.7 Å². The van der Waals surface area contributed by atoms with Crippen LogP contribution in [0.5, 0.6) is 0 Å². The van der Waals surface area contributed by atoms with Crippen LogP contribution in [0.1, 0.15) is 89.9 Å². The van der Waals surface area contributed by atoms with Crippen molar-refractivity contribution in [3.05, 3.63) is 54.5 Å². The number of ether oxygens (including phenoxy) is 1. The molecule has 242 valence electrons. The van der Waals surface area contributed by atoms with Gasteiger partial charge >= 0.3 is 6.09 Å². The van der Waals surface area contributed by atoms with Crippen LogP contribution in [0.25, 0.3) is 22.3 Å². The summed E-state index contributed by atoms with van der Waals surface area (Å²) in [5.74, 6) is 0.929. The second kappa shape index (κ2) is 16.1. The topological polar surface area (TPSA) is 139 Å². The number of aromatic nitrogens is 5. The van der Waals surface area contributed by atoms with E-state index in [4.69, 9.17) is 9.72 Å². The maximum atomic E-state index is 12.7. The first-order chi connectivity index (χ1) is 21.6. The van der Waals surface area contributed by atoms with Gasteiger partial charge in [0, 0.05) is 54.2 Å². The number of carbonyl (C=O) groups is 2. The quantitative estimate of drug-likeness (QED) is 0.0920. The number of nitrogens with one attached hydrogen (secondary N) is 4. The number of hydrogen-bond donors (Lipinski definition) is 4. The number of unbranched alkanes of at least 4 members (excludes halogenated alkanes) is 3. The van der Waals surface area contributed by atoms with E-state index in [1.54, 1.807) is 12.1 Å². The molecule has 3 aromatic heterocycles. The lowest BCUT2D eigenvalue weighted by Gasteiger charge is -2.26. The average molecular weight is 617 g/mol. The molecule has 0 fully saturated rings. The molecule has 0 saturated heterocycles. The highest BCUT2D eigenvalue weighted by atomic mass is 16.6. The molecule has 4 rings (SSSR count). The van der Waals surface area contributed by atoms with E-state index in [1.807, 2.05) is 55.3 Å². The number of rotatable bonds is 17. The third kappa shape index (κ3) is 10.3. The number of fused-ring (bicyclic) bond motifs is 1. The Morgan fingerprint density at radius 1 is 1.00 bits per heavy atom. The van der Waals surface area contributed by atoms with Crippen molar-refractivity contribution < 1.29 is 14.3 Å². The Morgan fingerprint density at radius 2 is 1.73 bits per heavy atom. The third-order valence-corrected chi connectivity index (χ3v) is 7.53. The number of amides is 2. The van der Waals surface area contributed by atoms with Gasteiger partial charge in [-0.25, -0.2) is 9.78 Å². The summed E-state index contributed by atoms with van der Waals surface area (Å²) in [6, 6.07) is 9.23. The van der Waals surface area contributed by atoms with Crippen LogP contribution in [0.15, 0.2) is 48.9 Å². The molecule has 0 unspecified atom stereocenters. The number of hydrogen-bond acceptors (Lipinski definition) is 7. The summed E-state index contributed by atoms with van der Waals surface area (Å²) in [6.07, 6.45) is 11.9. The van der Waals surface area contributed by atoms with Crippen molar-refractivity contribution >= 4 is 34.7 Å². The number of H-pyrrole nitrogens is 1. The second-order valence-corrected chi connectivity index (χ2v) is 12.5. The molecule has 4 aromatic rings. The van der Waals surface area contributed by atoms with Crippen molar-refractivity contribution in [1.29, 1.82) is 0 Å². The maximum Gasteiger partial charge on any atom is 0.407 e. The maximum absolute atomic E-state index is 12.7. The van der Waals surface area contributed by atoms with E-state index < -0.39 is 5.60 Å². The summed E-state index contributed by atoms with van der Waals surface area (Å²) in [5.41, 5.74) is 3.37. The van der Waals surface area contributed by atoms with Crippen LogP contribution in [0.2, 0.25) is 0 Å². The second-order valence-electron chi connectivity index (χ2n) is 12.5. The Hall–Kier alpha value is -4.41. The van der Waals surface area contributed by atoms with Crippen molar-refractivity contribution in [1.82, 2.24) is 35.4 Å². The van der Waals surface area contributed by atoms with E-state index in [2.05, 4.69) is 51.8 Å². The number of anilines is 2. The Kier molecular flexibility index (Phi) is 11.9. The van der Waals surface area contributed by atoms with Crippen LogP contribution in [-0.2, 0) is 11.3 Å². The standard InChI is InChI=1S/C34H48N8O3/c1-6-21-42-23-26(22-38-42)29-28-16-20-35-30(28)41-32(40-29)39-27-13-11-25(12-14-27)31(43)36-18-9-7-8-10-19-37-33(44)45-34(4,5)17-15-24(2)3/h11-14,16,20,22-24H,6-10,15,17-19,21H2,1-5H3,(H,36,43)(H,37,44)(H2,35,39,40,41). The molecule has 0 aliphatic rings. The van der Waals surface area contributed by atoms with E-state index in [9.17, 15) is 9.59 Å². The highest BCUT2D eigenvalue weighted by Gasteiger charge is 2.22. The molecule has 1 aromatic carbocycles. The van der Waals surface area contributed by atoms with Gasteiger partial charge in [0.1, 0.15) is 11.2 Å². The Morgan fingerprint density at radius 3 is 2.44 bits per heavy atom. The molecule has 0 atom stereocenters. The monoisotopic (exact) mass is 616 g/mol. The molecule has 45 heavy (non-hydrogen) atoms. The highest BCUT2D eigenvalue weighted by Crippen LogP contribution is 2.28. The average Bonchev–Trinajstić information content (AvgIpc) is 3.67. The van der Waals surface area contributed by atoms with Crippen molar-refractivity contribution in [3.8, 4) is 11.3 Å². The summed E-state index contributed by atoms with van der Waals surface area (Å²) in [5, 5.41) is 14.5. The Labute approximate surface area is 266 Å². The van der Waals surface area contributed by atoms with Crippen molar-refractivity contribution in [2.45, 2.75) is 91.7 Å². The molecule has 3 heterocycles. The van der Waals surface area contributed by atoms with E-state index >= 15 is 0 Å². The fourth-order valence-corrected chi connectivity index (χ4v) is 4.96. The van der Waals surface area contributed by atoms with Gasteiger partial charge in [0.2, 0.25) is 5.95 Å². The molecular formula is C34H48N8O3. The first-order valence-electron chi connectivity index (χ1n) is 16.1. The van der Waals surface area contributed by atoms with Gasteiger partial charge in [0.05, 0.1) is 11.9 Å². The molecule has 0 aliphatic heterocycles. The van der Waals surface area contributed by atoms with Gasteiger partial charge in [0.25, 0.3) is 5.91 Å². The van der Waals surface area contributed by atoms with E-state index in [0.29, 0.717) is 30.5 Å². The summed E-state index contributed by atoms with van der Waals surface area (Å²) in [7, 11) is 0. The van der Waals surface area contributed by atoms with Crippen LogP contribution >= 0.6 is 0 Å². The zero-order chi connectivity index (χ0) is 32.2. The van der Waals surface area contributed by atoms with Crippen LogP contribution in [-0.4, -0.2) is 55.4 Å². The van der Waals surface area contributed by atoms with Crippen molar-refractivity contribution in [2.24, 2.45) is 5.92 Å². The minimum absolute atomic E-state index is 0.110. The molecule has 0 aliphatic carbocycles. The van der Waals surface area contributed by atoms with Gasteiger partial charge in [-0.3, -0.25) is 9.48 Å². The molecule has 4 N–H and O–H groups in total. The largest absolute Gasteiger partial charge is 0.444 e. The van der Waals surface area contributed by atoms with E-state index in [0.717, 1.165) is 79.5 Å². The molecule has 0 saturated carbocycles. The minimum atomic E-state index is -0.459. The minimum Gasteiger partial charge on any atom is -0.444 e. The predicted octanol–water partition coefficient (Wildman–Crippen LogP) is 7.21. The lowest BCUT2D eigenvalue weighted by molar-refractivity contribution is 0.0290. The van der Waals surface area contributed by atoms with Crippen LogP contribution in [0.3, 0.4) is 0 Å². The zero-order valence-corrected chi connectivity index (χ0v) is 27.3. The van der Waals surface area contributed by atoms with E-state index in [1.165, 1.54) is 0 Å². The highest BCUT2D eigenvalue weighted by molar-refractivity contribution is 5.94. The SMILES string of the molecule is CCCn1cc(-c2nc(Nc3ccc(C(=O)NCCCCCCNC(=O)OC(C)(C)CCC(C)C)cc3)nc3[nH]ccc23)cn1. The summed E-state index contributed by atoms with van der Waals surface area (Å²) >= 11 is 0. The molecule has 11 heteroatoms. The van der Waals surface area contributed by atoms with Crippen LogP contribution < -0.4 is 16.0 Å². The number of benzene rings is 1. The van der Waals surface area contributed by atoms with Gasteiger partial charge in [-0.2, -0.15) is 10.1 Å². The normalized spacial score (nSPS) is 11.6.